The third kappa shape index (κ3) is 3.39. The number of aromatic nitrogens is 1. The van der Waals surface area contributed by atoms with E-state index in [1.807, 2.05) is 30.3 Å². The van der Waals surface area contributed by atoms with Crippen molar-refractivity contribution in [2.24, 2.45) is 0 Å². The van der Waals surface area contributed by atoms with E-state index in [4.69, 9.17) is 16.3 Å². The minimum atomic E-state index is -0.642. The van der Waals surface area contributed by atoms with Crippen molar-refractivity contribution < 1.29 is 9.53 Å². The Bertz CT molecular complexity index is 516. The first-order valence-corrected chi connectivity index (χ1v) is 5.88. The molecule has 4 heteroatoms. The molecule has 1 atom stereocenters. The zero-order chi connectivity index (χ0) is 12.8. The van der Waals surface area contributed by atoms with E-state index in [0.717, 1.165) is 11.8 Å². The first-order chi connectivity index (χ1) is 8.79. The molecule has 0 aliphatic carbocycles. The smallest absolute Gasteiger partial charge is 0.153 e. The topological polar surface area (TPSA) is 39.2 Å². The van der Waals surface area contributed by atoms with Crippen LogP contribution in [-0.4, -0.2) is 11.3 Å². The van der Waals surface area contributed by atoms with E-state index in [1.165, 1.54) is 6.20 Å². The fourth-order valence-electron chi connectivity index (χ4n) is 1.56. The molecule has 1 aromatic heterocycles. The molecule has 0 saturated heterocycles. The molecule has 0 N–H and O–H groups in total. The summed E-state index contributed by atoms with van der Waals surface area (Å²) in [6, 6.07) is 11.3. The van der Waals surface area contributed by atoms with Gasteiger partial charge in [0.2, 0.25) is 0 Å². The maximum absolute atomic E-state index is 11.0. The number of hydrogen-bond donors (Lipinski definition) is 0. The lowest BCUT2D eigenvalue weighted by molar-refractivity contribution is -0.119. The Hall–Kier alpha value is -1.71. The second-order valence-corrected chi connectivity index (χ2v) is 4.23. The maximum Gasteiger partial charge on any atom is 0.153 e. The third-order valence-electron chi connectivity index (χ3n) is 2.45. The molecule has 92 valence electrons. The molecular formula is C14H12ClNO2. The Morgan fingerprint density at radius 2 is 2.06 bits per heavy atom. The minimum absolute atomic E-state index is 0.372. The van der Waals surface area contributed by atoms with Gasteiger partial charge in [0.1, 0.15) is 6.10 Å². The highest BCUT2D eigenvalue weighted by Crippen LogP contribution is 2.19. The van der Waals surface area contributed by atoms with Gasteiger partial charge >= 0.3 is 0 Å². The summed E-state index contributed by atoms with van der Waals surface area (Å²) in [4.78, 5) is 15.0. The second kappa shape index (κ2) is 6.28. The van der Waals surface area contributed by atoms with Gasteiger partial charge < -0.3 is 9.53 Å². The predicted octanol–water partition coefficient (Wildman–Crippen LogP) is 3.19. The van der Waals surface area contributed by atoms with Crippen LogP contribution in [0.15, 0.2) is 48.8 Å². The van der Waals surface area contributed by atoms with Gasteiger partial charge in [-0.05, 0) is 11.6 Å². The zero-order valence-electron chi connectivity index (χ0n) is 9.62. The second-order valence-electron chi connectivity index (χ2n) is 3.79. The lowest BCUT2D eigenvalue weighted by atomic mass is 10.2. The lowest BCUT2D eigenvalue weighted by Crippen LogP contribution is -2.06. The molecule has 1 unspecified atom stereocenters. The van der Waals surface area contributed by atoms with Crippen molar-refractivity contribution in [2.75, 3.05) is 0 Å². The van der Waals surface area contributed by atoms with Gasteiger partial charge in [0.15, 0.2) is 6.29 Å². The molecule has 0 saturated carbocycles. The van der Waals surface area contributed by atoms with Crippen molar-refractivity contribution in [3.8, 4) is 0 Å². The Morgan fingerprint density at radius 3 is 2.72 bits per heavy atom. The standard InChI is InChI=1S/C14H12ClNO2/c15-13-6-12(7-16-8-13)14(9-17)18-10-11-4-2-1-3-5-11/h1-9,14H,10H2. The van der Waals surface area contributed by atoms with Crippen molar-refractivity contribution in [3.05, 3.63) is 64.9 Å². The monoisotopic (exact) mass is 261 g/mol. The molecule has 2 aromatic rings. The summed E-state index contributed by atoms with van der Waals surface area (Å²) in [6.45, 7) is 0.372. The largest absolute Gasteiger partial charge is 0.361 e. The number of halogens is 1. The van der Waals surface area contributed by atoms with Crippen molar-refractivity contribution in [3.63, 3.8) is 0 Å². The van der Waals surface area contributed by atoms with Gasteiger partial charge in [0.25, 0.3) is 0 Å². The summed E-state index contributed by atoms with van der Waals surface area (Å²) < 4.78 is 5.55. The Morgan fingerprint density at radius 1 is 1.28 bits per heavy atom. The highest BCUT2D eigenvalue weighted by Gasteiger charge is 2.11. The molecule has 1 heterocycles. The van der Waals surface area contributed by atoms with Crippen LogP contribution in [0.5, 0.6) is 0 Å². The normalized spacial score (nSPS) is 12.1. The molecule has 0 radical (unpaired) electrons. The fraction of sp³-hybridized carbons (Fsp3) is 0.143. The summed E-state index contributed by atoms with van der Waals surface area (Å²) in [6.07, 6.45) is 3.20. The van der Waals surface area contributed by atoms with E-state index in [-0.39, 0.29) is 0 Å². The van der Waals surface area contributed by atoms with E-state index in [0.29, 0.717) is 17.2 Å². The predicted molar refractivity (Wildman–Crippen MR) is 69.3 cm³/mol. The molecule has 0 bridgehead atoms. The summed E-state index contributed by atoms with van der Waals surface area (Å²) in [5, 5.41) is 0.489. The van der Waals surface area contributed by atoms with Gasteiger partial charge in [-0.3, -0.25) is 4.98 Å². The molecule has 3 nitrogen and oxygen atoms in total. The molecule has 1 aromatic carbocycles. The molecule has 18 heavy (non-hydrogen) atoms. The SMILES string of the molecule is O=CC(OCc1ccccc1)c1cncc(Cl)c1. The number of pyridine rings is 1. The molecule has 0 spiro atoms. The Kier molecular flexibility index (Phi) is 4.45. The average Bonchev–Trinajstić information content (AvgIpc) is 2.41. The van der Waals surface area contributed by atoms with Crippen molar-refractivity contribution in [1.29, 1.82) is 0 Å². The minimum Gasteiger partial charge on any atom is -0.361 e. The van der Waals surface area contributed by atoms with E-state index in [1.54, 1.807) is 12.3 Å². The third-order valence-corrected chi connectivity index (χ3v) is 2.66. The van der Waals surface area contributed by atoms with Crippen LogP contribution in [-0.2, 0) is 16.1 Å². The summed E-state index contributed by atoms with van der Waals surface area (Å²) in [5.41, 5.74) is 1.67. The number of benzene rings is 1. The van der Waals surface area contributed by atoms with Crippen LogP contribution in [0.2, 0.25) is 5.02 Å². The van der Waals surface area contributed by atoms with Gasteiger partial charge in [-0.15, -0.1) is 0 Å². The molecule has 0 fully saturated rings. The fourth-order valence-corrected chi connectivity index (χ4v) is 1.74. The average molecular weight is 262 g/mol. The highest BCUT2D eigenvalue weighted by atomic mass is 35.5. The number of ether oxygens (including phenoxy) is 1. The molecule has 0 aliphatic rings. The lowest BCUT2D eigenvalue weighted by Gasteiger charge is -2.12. The first-order valence-electron chi connectivity index (χ1n) is 5.51. The highest BCUT2D eigenvalue weighted by molar-refractivity contribution is 6.30. The van der Waals surface area contributed by atoms with Gasteiger partial charge in [-0.2, -0.15) is 0 Å². The van der Waals surface area contributed by atoms with Crippen molar-refractivity contribution >= 4 is 17.9 Å². The number of hydrogen-bond acceptors (Lipinski definition) is 3. The van der Waals surface area contributed by atoms with E-state index < -0.39 is 6.10 Å². The number of nitrogens with zero attached hydrogens (tertiary/aromatic N) is 1. The molecular weight excluding hydrogens is 250 g/mol. The molecule has 0 amide bonds. The molecule has 2 rings (SSSR count). The number of aldehydes is 1. The van der Waals surface area contributed by atoms with Gasteiger partial charge in [0, 0.05) is 18.0 Å². The Balaban J connectivity index is 2.04. The summed E-state index contributed by atoms with van der Waals surface area (Å²) in [7, 11) is 0. The van der Waals surface area contributed by atoms with Gasteiger partial charge in [-0.25, -0.2) is 0 Å². The van der Waals surface area contributed by atoms with Crippen LogP contribution in [0.3, 0.4) is 0 Å². The molecule has 0 aliphatic heterocycles. The number of rotatable bonds is 5. The van der Waals surface area contributed by atoms with Gasteiger partial charge in [0.05, 0.1) is 11.6 Å². The first kappa shape index (κ1) is 12.7. The quantitative estimate of drug-likeness (QED) is 0.776. The summed E-state index contributed by atoms with van der Waals surface area (Å²) >= 11 is 5.83. The van der Waals surface area contributed by atoms with Gasteiger partial charge in [-0.1, -0.05) is 41.9 Å². The van der Waals surface area contributed by atoms with Crippen LogP contribution in [0, 0.1) is 0 Å². The number of carbonyl (C=O) groups is 1. The van der Waals surface area contributed by atoms with Crippen LogP contribution in [0.4, 0.5) is 0 Å². The van der Waals surface area contributed by atoms with Crippen LogP contribution < -0.4 is 0 Å². The van der Waals surface area contributed by atoms with Crippen LogP contribution in [0.1, 0.15) is 17.2 Å². The van der Waals surface area contributed by atoms with E-state index in [9.17, 15) is 4.79 Å². The van der Waals surface area contributed by atoms with Crippen LogP contribution in [0.25, 0.3) is 0 Å². The zero-order valence-corrected chi connectivity index (χ0v) is 10.4. The summed E-state index contributed by atoms with van der Waals surface area (Å²) in [5.74, 6) is 0. The van der Waals surface area contributed by atoms with Crippen molar-refractivity contribution in [1.82, 2.24) is 4.98 Å². The van der Waals surface area contributed by atoms with Crippen molar-refractivity contribution in [2.45, 2.75) is 12.7 Å². The maximum atomic E-state index is 11.0. The van der Waals surface area contributed by atoms with E-state index in [2.05, 4.69) is 4.98 Å². The van der Waals surface area contributed by atoms with E-state index >= 15 is 0 Å². The Labute approximate surface area is 110 Å². The van der Waals surface area contributed by atoms with Crippen LogP contribution >= 0.6 is 11.6 Å². The number of carbonyl (C=O) groups excluding carboxylic acids is 1.